The van der Waals surface area contributed by atoms with Crippen molar-refractivity contribution < 1.29 is 28.6 Å². The molecule has 0 saturated heterocycles. The van der Waals surface area contributed by atoms with E-state index in [1.54, 1.807) is 0 Å². The molecule has 0 aromatic rings. The lowest BCUT2D eigenvalue weighted by Crippen LogP contribution is -2.30. The minimum Gasteiger partial charge on any atom is -0.462 e. The molecule has 0 aliphatic heterocycles. The summed E-state index contributed by atoms with van der Waals surface area (Å²) >= 11 is 0. The molecule has 1 atom stereocenters. The van der Waals surface area contributed by atoms with E-state index in [0.29, 0.717) is 25.7 Å². The van der Waals surface area contributed by atoms with Crippen molar-refractivity contribution in [3.05, 3.63) is 122 Å². The fourth-order valence-electron chi connectivity index (χ4n) is 6.72. The van der Waals surface area contributed by atoms with Gasteiger partial charge in [-0.15, -0.1) is 0 Å². The molecular weight excluding hydrogens is 817 g/mol. The second-order valence-electron chi connectivity index (χ2n) is 17.1. The molecule has 0 fully saturated rings. The molecule has 0 aromatic heterocycles. The van der Waals surface area contributed by atoms with E-state index in [1.807, 2.05) is 0 Å². The van der Waals surface area contributed by atoms with Gasteiger partial charge in [0.1, 0.15) is 13.2 Å². The minimum atomic E-state index is -0.803. The summed E-state index contributed by atoms with van der Waals surface area (Å²) in [4.78, 5) is 37.7. The van der Waals surface area contributed by atoms with Gasteiger partial charge in [0.15, 0.2) is 6.10 Å². The Balaban J connectivity index is 4.31. The molecule has 0 spiro atoms. The predicted molar refractivity (Wildman–Crippen MR) is 283 cm³/mol. The first kappa shape index (κ1) is 61.8. The van der Waals surface area contributed by atoms with Crippen molar-refractivity contribution >= 4 is 17.9 Å². The quantitative estimate of drug-likeness (QED) is 0.0262. The van der Waals surface area contributed by atoms with Crippen molar-refractivity contribution in [1.82, 2.24) is 0 Å². The van der Waals surface area contributed by atoms with E-state index < -0.39 is 6.10 Å². The minimum absolute atomic E-state index is 0.101. The molecule has 0 heterocycles. The highest BCUT2D eigenvalue weighted by Crippen LogP contribution is 2.12. The molecule has 0 aliphatic rings. The lowest BCUT2D eigenvalue weighted by Gasteiger charge is -2.18. The van der Waals surface area contributed by atoms with Gasteiger partial charge in [0.25, 0.3) is 0 Å². The Morgan fingerprint density at radius 3 is 0.985 bits per heavy atom. The van der Waals surface area contributed by atoms with E-state index >= 15 is 0 Å². The first-order valence-electron chi connectivity index (χ1n) is 26.5. The number of carbonyl (C=O) groups excluding carboxylic acids is 3. The van der Waals surface area contributed by atoms with Crippen LogP contribution in [0.1, 0.15) is 220 Å². The van der Waals surface area contributed by atoms with Crippen LogP contribution in [0.5, 0.6) is 0 Å². The van der Waals surface area contributed by atoms with Crippen LogP contribution in [0.3, 0.4) is 0 Å². The lowest BCUT2D eigenvalue weighted by molar-refractivity contribution is -0.167. The summed E-state index contributed by atoms with van der Waals surface area (Å²) in [5.74, 6) is -0.978. The summed E-state index contributed by atoms with van der Waals surface area (Å²) in [6, 6.07) is 0. The number of allylic oxidation sites excluding steroid dienone is 20. The van der Waals surface area contributed by atoms with Crippen molar-refractivity contribution in [2.45, 2.75) is 226 Å². The van der Waals surface area contributed by atoms with Crippen molar-refractivity contribution in [3.63, 3.8) is 0 Å². The first-order chi connectivity index (χ1) is 32.5. The number of rotatable bonds is 46. The Morgan fingerprint density at radius 2 is 0.591 bits per heavy atom. The molecular formula is C60H96O6. The van der Waals surface area contributed by atoms with Crippen molar-refractivity contribution in [2.24, 2.45) is 0 Å². The summed E-state index contributed by atoms with van der Waals surface area (Å²) in [5, 5.41) is 0. The third kappa shape index (κ3) is 50.8. The average Bonchev–Trinajstić information content (AvgIpc) is 3.31. The first-order valence-corrected chi connectivity index (χ1v) is 26.5. The van der Waals surface area contributed by atoms with Gasteiger partial charge in [-0.2, -0.15) is 0 Å². The van der Waals surface area contributed by atoms with E-state index in [4.69, 9.17) is 14.2 Å². The molecule has 0 radical (unpaired) electrons. The molecule has 6 nitrogen and oxygen atoms in total. The normalized spacial score (nSPS) is 13.1. The zero-order valence-electron chi connectivity index (χ0n) is 42.4. The van der Waals surface area contributed by atoms with Crippen LogP contribution in [-0.4, -0.2) is 37.2 Å². The maximum absolute atomic E-state index is 12.7. The smallest absolute Gasteiger partial charge is 0.306 e. The molecule has 6 heteroatoms. The predicted octanol–water partition coefficient (Wildman–Crippen LogP) is 17.7. The van der Waals surface area contributed by atoms with E-state index in [-0.39, 0.29) is 31.1 Å². The van der Waals surface area contributed by atoms with Crippen LogP contribution in [0.15, 0.2) is 122 Å². The lowest BCUT2D eigenvalue weighted by atomic mass is 10.1. The average molecular weight is 913 g/mol. The van der Waals surface area contributed by atoms with Crippen LogP contribution in [-0.2, 0) is 28.6 Å². The van der Waals surface area contributed by atoms with E-state index in [1.165, 1.54) is 44.9 Å². The molecule has 0 N–H and O–H groups in total. The summed E-state index contributed by atoms with van der Waals surface area (Å²) in [6.07, 6.45) is 73.6. The van der Waals surface area contributed by atoms with Gasteiger partial charge in [-0.05, 0) is 116 Å². The maximum atomic E-state index is 12.7. The van der Waals surface area contributed by atoms with E-state index in [9.17, 15) is 14.4 Å². The molecule has 0 bridgehead atoms. The number of hydrogen-bond donors (Lipinski definition) is 0. The second-order valence-corrected chi connectivity index (χ2v) is 17.1. The van der Waals surface area contributed by atoms with E-state index in [0.717, 1.165) is 128 Å². The Morgan fingerprint density at radius 1 is 0.318 bits per heavy atom. The molecule has 66 heavy (non-hydrogen) atoms. The van der Waals surface area contributed by atoms with Gasteiger partial charge in [-0.3, -0.25) is 14.4 Å². The number of hydrogen-bond acceptors (Lipinski definition) is 6. The monoisotopic (exact) mass is 913 g/mol. The van der Waals surface area contributed by atoms with Crippen LogP contribution in [0, 0.1) is 0 Å². The number of carbonyl (C=O) groups is 3. The zero-order chi connectivity index (χ0) is 47.9. The van der Waals surface area contributed by atoms with Crippen LogP contribution < -0.4 is 0 Å². The molecule has 372 valence electrons. The van der Waals surface area contributed by atoms with Gasteiger partial charge in [-0.25, -0.2) is 0 Å². The van der Waals surface area contributed by atoms with Crippen LogP contribution in [0.4, 0.5) is 0 Å². The number of ether oxygens (including phenoxy) is 3. The maximum Gasteiger partial charge on any atom is 0.306 e. The second kappa shape index (κ2) is 53.4. The summed E-state index contributed by atoms with van der Waals surface area (Å²) in [6.45, 7) is 6.37. The fraction of sp³-hybridized carbons (Fsp3) is 0.617. The van der Waals surface area contributed by atoms with Gasteiger partial charge < -0.3 is 14.2 Å². The Bertz CT molecular complexity index is 1420. The molecule has 0 saturated carbocycles. The van der Waals surface area contributed by atoms with Gasteiger partial charge in [0.05, 0.1) is 0 Å². The van der Waals surface area contributed by atoms with Crippen molar-refractivity contribution in [3.8, 4) is 0 Å². The van der Waals surface area contributed by atoms with Crippen LogP contribution >= 0.6 is 0 Å². The molecule has 1 unspecified atom stereocenters. The topological polar surface area (TPSA) is 78.9 Å². The van der Waals surface area contributed by atoms with Gasteiger partial charge in [0.2, 0.25) is 0 Å². The van der Waals surface area contributed by atoms with Crippen LogP contribution in [0.25, 0.3) is 0 Å². The molecule has 0 rings (SSSR count). The molecule has 0 aliphatic carbocycles. The highest BCUT2D eigenvalue weighted by Gasteiger charge is 2.19. The Labute approximate surface area is 405 Å². The number of unbranched alkanes of at least 4 members (excludes halogenated alkanes) is 15. The largest absolute Gasteiger partial charge is 0.462 e. The van der Waals surface area contributed by atoms with Gasteiger partial charge in [0, 0.05) is 19.3 Å². The highest BCUT2D eigenvalue weighted by atomic mass is 16.6. The summed E-state index contributed by atoms with van der Waals surface area (Å²) in [7, 11) is 0. The standard InChI is InChI=1S/C60H96O6/c1-4-7-10-13-16-18-20-22-24-25-26-27-28-29-30-31-32-33-34-35-37-38-40-42-44-47-50-53-59(62)65-56-57(55-64-58(61)52-49-46-15-12-9-6-3)66-60(63)54-51-48-45-43-41-39-36-23-21-19-17-14-11-8-5-2/h7,10,16-19,22-24,26-27,29-30,32-33,35-37,40,42,57H,4-6,8-9,11-15,20-21,25,28,31,34,38-39,41,43-56H2,1-3H3/b10-7-,18-16-,19-17-,24-22-,27-26-,30-29-,33-32-,36-23-,37-35-,42-40-. The highest BCUT2D eigenvalue weighted by molar-refractivity contribution is 5.71. The fourth-order valence-corrected chi connectivity index (χ4v) is 6.72. The van der Waals surface area contributed by atoms with Crippen LogP contribution in [0.2, 0.25) is 0 Å². The third-order valence-electron chi connectivity index (χ3n) is 10.7. The van der Waals surface area contributed by atoms with Crippen molar-refractivity contribution in [2.75, 3.05) is 13.2 Å². The Hall–Kier alpha value is -4.19. The number of esters is 3. The molecule has 0 amide bonds. The SMILES string of the molecule is CC/C=C\C/C=C\C/C=C\C/C=C\C/C=C\C/C=C\C/C=C\C/C=C\CCCCC(=O)OCC(COC(=O)CCCCCCCC)OC(=O)CCCCCCC/C=C\C/C=C\CCCCC. The molecule has 0 aromatic carbocycles. The Kier molecular flexibility index (Phi) is 50.0. The van der Waals surface area contributed by atoms with Gasteiger partial charge in [-0.1, -0.05) is 206 Å². The van der Waals surface area contributed by atoms with Gasteiger partial charge >= 0.3 is 17.9 Å². The summed E-state index contributed by atoms with van der Waals surface area (Å²) < 4.78 is 16.6. The van der Waals surface area contributed by atoms with Crippen molar-refractivity contribution in [1.29, 1.82) is 0 Å². The third-order valence-corrected chi connectivity index (χ3v) is 10.7. The van der Waals surface area contributed by atoms with E-state index in [2.05, 4.69) is 142 Å². The zero-order valence-corrected chi connectivity index (χ0v) is 42.4. The summed E-state index contributed by atoms with van der Waals surface area (Å²) in [5.41, 5.74) is 0.